The average Bonchev–Trinajstić information content (AvgIpc) is 1.25. The third-order valence-electron chi connectivity index (χ3n) is 0. The quantitative estimate of drug-likeness (QED) is 0.407. The van der Waals surface area contributed by atoms with Gasteiger partial charge < -0.3 is 30.1 Å². The summed E-state index contributed by atoms with van der Waals surface area (Å²) < 4.78 is 0. The van der Waals surface area contributed by atoms with Crippen LogP contribution in [0.5, 0.6) is 0 Å². The van der Waals surface area contributed by atoms with E-state index in [1.54, 1.807) is 0 Å². The van der Waals surface area contributed by atoms with E-state index in [2.05, 4.69) is 0 Å². The van der Waals surface area contributed by atoms with Crippen LogP contribution in [0.25, 0.3) is 0 Å². The standard InChI is InChI=1S/2BO3.Sn.Zn/c2*2-1(3)4;;/q2*-3;+4;+2. The van der Waals surface area contributed by atoms with Gasteiger partial charge in [0.05, 0.1) is 0 Å². The van der Waals surface area contributed by atoms with E-state index in [0.29, 0.717) is 0 Å². The van der Waals surface area contributed by atoms with Gasteiger partial charge in [-0.15, -0.1) is 0 Å². The Bertz CT molecular complexity index is 31.2. The van der Waals surface area contributed by atoms with E-state index in [1.807, 2.05) is 0 Å². The van der Waals surface area contributed by atoms with Gasteiger partial charge in [-0.2, -0.15) is 0 Å². The molecule has 10 heteroatoms. The molecule has 0 bridgehead atoms. The monoisotopic (exact) mass is 302 g/mol. The van der Waals surface area contributed by atoms with E-state index in [0.717, 1.165) is 0 Å². The van der Waals surface area contributed by atoms with Crippen LogP contribution in [0.1, 0.15) is 0 Å². The summed E-state index contributed by atoms with van der Waals surface area (Å²) in [5.41, 5.74) is 0. The van der Waals surface area contributed by atoms with Gasteiger partial charge in [-0.1, -0.05) is 0 Å². The van der Waals surface area contributed by atoms with Crippen LogP contribution in [-0.4, -0.2) is 38.6 Å². The van der Waals surface area contributed by atoms with Crippen LogP contribution in [0, 0.1) is 0 Å². The first-order chi connectivity index (χ1) is 3.46. The topological polar surface area (TPSA) is 138 Å². The summed E-state index contributed by atoms with van der Waals surface area (Å²) >= 11 is 0. The Kier molecular flexibility index (Phi) is 37.6. The molecule has 0 rings (SSSR count). The van der Waals surface area contributed by atoms with E-state index < -0.39 is 14.6 Å². The summed E-state index contributed by atoms with van der Waals surface area (Å²) in [6.07, 6.45) is 0. The van der Waals surface area contributed by atoms with Gasteiger partial charge in [0, 0.05) is 0 Å². The van der Waals surface area contributed by atoms with Crippen LogP contribution in [0.4, 0.5) is 0 Å². The molecule has 0 aromatic carbocycles. The minimum atomic E-state index is -2.92. The second-order valence-corrected chi connectivity index (χ2v) is 0.577. The maximum atomic E-state index is 8.42. The van der Waals surface area contributed by atoms with Gasteiger partial charge >= 0.3 is 43.4 Å². The van der Waals surface area contributed by atoms with E-state index in [-0.39, 0.29) is 43.4 Å². The molecular weight excluding hydrogens is 302 g/mol. The first kappa shape index (κ1) is 22.5. The van der Waals surface area contributed by atoms with Gasteiger partial charge in [0.25, 0.3) is 0 Å². The van der Waals surface area contributed by atoms with Gasteiger partial charge in [0.15, 0.2) is 0 Å². The summed E-state index contributed by atoms with van der Waals surface area (Å²) in [5, 5.41) is 50.5. The summed E-state index contributed by atoms with van der Waals surface area (Å²) in [6.45, 7) is 0. The van der Waals surface area contributed by atoms with Gasteiger partial charge in [-0.25, -0.2) is 0 Å². The fraction of sp³-hybridized carbons (Fsp3) is 0. The van der Waals surface area contributed by atoms with Crippen LogP contribution in [0.15, 0.2) is 0 Å². The first-order valence-corrected chi connectivity index (χ1v) is 1.41. The fourth-order valence-electron chi connectivity index (χ4n) is 0. The minimum absolute atomic E-state index is 0. The fourth-order valence-corrected chi connectivity index (χ4v) is 0. The van der Waals surface area contributed by atoms with Crippen LogP contribution >= 0.6 is 0 Å². The number of hydrogen-bond acceptors (Lipinski definition) is 6. The Morgan fingerprint density at radius 1 is 0.600 bits per heavy atom. The molecule has 0 aliphatic carbocycles. The molecule has 6 nitrogen and oxygen atoms in total. The van der Waals surface area contributed by atoms with Crippen molar-refractivity contribution in [2.45, 2.75) is 0 Å². The Labute approximate surface area is 88.0 Å². The van der Waals surface area contributed by atoms with Crippen LogP contribution < -0.4 is 30.1 Å². The Morgan fingerprint density at radius 3 is 0.600 bits per heavy atom. The second-order valence-electron chi connectivity index (χ2n) is 0.577. The maximum Gasteiger partial charge on any atom is 4.00 e. The van der Waals surface area contributed by atoms with Crippen molar-refractivity contribution in [3.05, 3.63) is 0 Å². The molecule has 0 amide bonds. The van der Waals surface area contributed by atoms with E-state index in [9.17, 15) is 0 Å². The second kappa shape index (κ2) is 16.7. The normalized spacial score (nSPS) is 5.40. The molecule has 10 heavy (non-hydrogen) atoms. The van der Waals surface area contributed by atoms with Crippen molar-refractivity contribution < 1.29 is 49.6 Å². The first-order valence-electron chi connectivity index (χ1n) is 1.41. The van der Waals surface area contributed by atoms with Crippen molar-refractivity contribution in [2.24, 2.45) is 0 Å². The van der Waals surface area contributed by atoms with E-state index >= 15 is 0 Å². The molecule has 0 spiro atoms. The number of hydrogen-bond donors (Lipinski definition) is 0. The van der Waals surface area contributed by atoms with Crippen molar-refractivity contribution in [2.75, 3.05) is 0 Å². The van der Waals surface area contributed by atoms with Crippen LogP contribution in [0.3, 0.4) is 0 Å². The molecule has 0 N–H and O–H groups in total. The summed E-state index contributed by atoms with van der Waals surface area (Å²) in [5.74, 6) is 0. The third kappa shape index (κ3) is 374. The van der Waals surface area contributed by atoms with Gasteiger partial charge in [0.1, 0.15) is 0 Å². The zero-order valence-electron chi connectivity index (χ0n) is 4.81. The SMILES string of the molecule is [O-]B([O-])[O-].[O-]B([O-])[O-].[Sn+4].[Zn+2]. The molecule has 0 heterocycles. The average molecular weight is 302 g/mol. The molecule has 0 aliphatic heterocycles. The Morgan fingerprint density at radius 2 is 0.600 bits per heavy atom. The van der Waals surface area contributed by atoms with Crippen LogP contribution in [0.2, 0.25) is 0 Å². The Balaban J connectivity index is -0.0000000300. The molecule has 0 unspecified atom stereocenters. The van der Waals surface area contributed by atoms with E-state index in [1.165, 1.54) is 0 Å². The van der Waals surface area contributed by atoms with Crippen LogP contribution in [-0.2, 0) is 19.5 Å². The Hall–Kier alpha value is 1.31. The molecule has 0 aromatic heterocycles. The molecule has 0 atom stereocenters. The molecule has 0 saturated carbocycles. The molecular formula is B2O6SnZn. The predicted octanol–water partition coefficient (Wildman–Crippen LogP) is -8.28. The van der Waals surface area contributed by atoms with E-state index in [4.69, 9.17) is 30.1 Å². The molecule has 0 fully saturated rings. The van der Waals surface area contributed by atoms with Crippen molar-refractivity contribution in [1.82, 2.24) is 0 Å². The van der Waals surface area contributed by atoms with Gasteiger partial charge in [-0.3, -0.25) is 14.6 Å². The molecule has 0 radical (unpaired) electrons. The largest absolute Gasteiger partial charge is 4.00 e. The number of rotatable bonds is 0. The van der Waals surface area contributed by atoms with Crippen molar-refractivity contribution >= 4 is 38.6 Å². The molecule has 0 aromatic rings. The third-order valence-corrected chi connectivity index (χ3v) is 0. The molecule has 0 saturated heterocycles. The smallest absolute Gasteiger partial charge is 0.907 e. The summed E-state index contributed by atoms with van der Waals surface area (Å²) in [7, 11) is -5.83. The zero-order valence-corrected chi connectivity index (χ0v) is 10.6. The van der Waals surface area contributed by atoms with Crippen molar-refractivity contribution in [3.8, 4) is 0 Å². The molecule has 0 aliphatic rings. The van der Waals surface area contributed by atoms with Crippen molar-refractivity contribution in [3.63, 3.8) is 0 Å². The van der Waals surface area contributed by atoms with Gasteiger partial charge in [0.2, 0.25) is 0 Å². The molecule has 48 valence electrons. The van der Waals surface area contributed by atoms with Crippen molar-refractivity contribution in [1.29, 1.82) is 0 Å². The summed E-state index contributed by atoms with van der Waals surface area (Å²) in [4.78, 5) is 0. The predicted molar refractivity (Wildman–Crippen MR) is 17.3 cm³/mol. The zero-order chi connectivity index (χ0) is 7.15. The van der Waals surface area contributed by atoms with Gasteiger partial charge in [-0.05, 0) is 0 Å². The minimum Gasteiger partial charge on any atom is -0.907 e. The summed E-state index contributed by atoms with van der Waals surface area (Å²) in [6, 6.07) is 0. The maximum absolute atomic E-state index is 8.42.